The fraction of sp³-hybridized carbons (Fsp3) is 0.500. The molecule has 1 aromatic carbocycles. The monoisotopic (exact) mass is 367 g/mol. The van der Waals surface area contributed by atoms with Crippen LogP contribution in [-0.2, 0) is 26.7 Å². The van der Waals surface area contributed by atoms with E-state index < -0.39 is 0 Å². The van der Waals surface area contributed by atoms with Gasteiger partial charge in [-0.3, -0.25) is 9.89 Å². The van der Waals surface area contributed by atoms with Crippen LogP contribution in [-0.4, -0.2) is 35.6 Å². The molecule has 5 heteroatoms. The van der Waals surface area contributed by atoms with Crippen LogP contribution in [0.25, 0.3) is 0 Å². The molecule has 1 fully saturated rings. The topological polar surface area (TPSA) is 44.6 Å². The van der Waals surface area contributed by atoms with Crippen molar-refractivity contribution < 1.29 is 0 Å². The van der Waals surface area contributed by atoms with E-state index in [0.717, 1.165) is 25.6 Å². The molecule has 0 radical (unpaired) electrons. The molecule has 1 aliphatic rings. The second-order valence-electron chi connectivity index (χ2n) is 7.42. The minimum Gasteiger partial charge on any atom is -0.357 e. The maximum absolute atomic E-state index is 4.36. The highest BCUT2D eigenvalue weighted by atomic mass is 15.2. The summed E-state index contributed by atoms with van der Waals surface area (Å²) in [5.74, 6) is 0.837. The van der Waals surface area contributed by atoms with E-state index >= 15 is 0 Å². The van der Waals surface area contributed by atoms with E-state index in [1.54, 1.807) is 0 Å². The molecule has 0 spiro atoms. The van der Waals surface area contributed by atoms with Crippen molar-refractivity contribution in [1.29, 1.82) is 0 Å². The maximum atomic E-state index is 4.36. The van der Waals surface area contributed by atoms with Gasteiger partial charge in [-0.1, -0.05) is 37.1 Å². The predicted octanol–water partition coefficient (Wildman–Crippen LogP) is 3.27. The van der Waals surface area contributed by atoms with Crippen molar-refractivity contribution in [2.45, 2.75) is 45.3 Å². The molecule has 1 aliphatic heterocycles. The summed E-state index contributed by atoms with van der Waals surface area (Å²) in [7, 11) is 3.86. The number of guanidine groups is 1. The van der Waals surface area contributed by atoms with E-state index in [9.17, 15) is 0 Å². The van der Waals surface area contributed by atoms with Crippen LogP contribution < -0.4 is 10.6 Å². The van der Waals surface area contributed by atoms with Gasteiger partial charge in [0.1, 0.15) is 0 Å². The van der Waals surface area contributed by atoms with Crippen LogP contribution in [0.4, 0.5) is 0 Å². The first-order valence-corrected chi connectivity index (χ1v) is 10.1. The zero-order valence-corrected chi connectivity index (χ0v) is 16.7. The van der Waals surface area contributed by atoms with Crippen LogP contribution in [0.1, 0.15) is 42.4 Å². The minimum absolute atomic E-state index is 0.774. The molecule has 0 saturated carbocycles. The number of hydrogen-bond acceptors (Lipinski definition) is 2. The Morgan fingerprint density at radius 2 is 1.67 bits per heavy atom. The van der Waals surface area contributed by atoms with Gasteiger partial charge in [0.05, 0.1) is 0 Å². The zero-order valence-electron chi connectivity index (χ0n) is 16.7. The molecular weight excluding hydrogens is 334 g/mol. The highest BCUT2D eigenvalue weighted by Crippen LogP contribution is 2.16. The quantitative estimate of drug-likeness (QED) is 0.608. The second-order valence-corrected chi connectivity index (χ2v) is 7.42. The molecule has 2 heterocycles. The van der Waals surface area contributed by atoms with E-state index in [0.29, 0.717) is 0 Å². The number of nitrogens with zero attached hydrogens (tertiary/aromatic N) is 3. The Bertz CT molecular complexity index is 726. The summed E-state index contributed by atoms with van der Waals surface area (Å²) in [5, 5.41) is 6.86. The van der Waals surface area contributed by atoms with E-state index in [1.807, 2.05) is 14.1 Å². The lowest BCUT2D eigenvalue weighted by atomic mass is 10.1. The first-order chi connectivity index (χ1) is 13.2. The summed E-state index contributed by atoms with van der Waals surface area (Å²) in [6, 6.07) is 10.9. The minimum atomic E-state index is 0.774. The summed E-state index contributed by atoms with van der Waals surface area (Å²) < 4.78 is 2.06. The van der Waals surface area contributed by atoms with E-state index in [-0.39, 0.29) is 0 Å². The largest absolute Gasteiger partial charge is 0.357 e. The van der Waals surface area contributed by atoms with Gasteiger partial charge in [-0.15, -0.1) is 0 Å². The number of aliphatic imine (C=N–C) groups is 1. The smallest absolute Gasteiger partial charge is 0.191 e. The summed E-state index contributed by atoms with van der Waals surface area (Å²) in [6.45, 7) is 5.06. The fourth-order valence-corrected chi connectivity index (χ4v) is 3.67. The summed E-state index contributed by atoms with van der Waals surface area (Å²) in [4.78, 5) is 6.97. The average molecular weight is 368 g/mol. The average Bonchev–Trinajstić information content (AvgIpc) is 2.93. The first kappa shape index (κ1) is 19.5. The van der Waals surface area contributed by atoms with Crippen molar-refractivity contribution in [3.05, 3.63) is 59.4 Å². The van der Waals surface area contributed by atoms with Crippen LogP contribution in [0.2, 0.25) is 0 Å². The molecule has 2 N–H and O–H groups in total. The molecule has 0 atom stereocenters. The van der Waals surface area contributed by atoms with Crippen LogP contribution in [0.3, 0.4) is 0 Å². The van der Waals surface area contributed by atoms with Gasteiger partial charge < -0.3 is 15.2 Å². The normalized spacial score (nSPS) is 16.1. The van der Waals surface area contributed by atoms with Crippen molar-refractivity contribution in [2.75, 3.05) is 20.1 Å². The lowest BCUT2D eigenvalue weighted by molar-refractivity contribution is 0.276. The van der Waals surface area contributed by atoms with Gasteiger partial charge in [-0.05, 0) is 48.7 Å². The molecule has 0 bridgehead atoms. The number of benzene rings is 1. The molecule has 0 unspecified atom stereocenters. The SMILES string of the molecule is CN=C(NCc1ccn(C)c1)NCc1ccccc1CN1CCCCCC1. The molecule has 3 rings (SSSR count). The molecule has 5 nitrogen and oxygen atoms in total. The van der Waals surface area contributed by atoms with Gasteiger partial charge >= 0.3 is 0 Å². The Labute approximate surface area is 163 Å². The lowest BCUT2D eigenvalue weighted by Crippen LogP contribution is -2.36. The van der Waals surface area contributed by atoms with Crippen LogP contribution >= 0.6 is 0 Å². The number of hydrogen-bond donors (Lipinski definition) is 2. The molecule has 1 saturated heterocycles. The van der Waals surface area contributed by atoms with Crippen LogP contribution in [0, 0.1) is 0 Å². The molecule has 146 valence electrons. The highest BCUT2D eigenvalue weighted by Gasteiger charge is 2.11. The van der Waals surface area contributed by atoms with Gasteiger partial charge in [0.2, 0.25) is 0 Å². The molecular formula is C22H33N5. The van der Waals surface area contributed by atoms with E-state index in [1.165, 1.54) is 55.5 Å². The van der Waals surface area contributed by atoms with Gasteiger partial charge in [-0.2, -0.15) is 0 Å². The number of likely N-dealkylation sites (tertiary alicyclic amines) is 1. The Morgan fingerprint density at radius 1 is 0.963 bits per heavy atom. The lowest BCUT2D eigenvalue weighted by Gasteiger charge is -2.22. The Balaban J connectivity index is 1.54. The molecule has 2 aromatic rings. The number of rotatable bonds is 6. The number of aromatic nitrogens is 1. The number of aryl methyl sites for hydroxylation is 1. The van der Waals surface area contributed by atoms with Crippen LogP contribution in [0.5, 0.6) is 0 Å². The summed E-state index contributed by atoms with van der Waals surface area (Å²) in [5.41, 5.74) is 4.02. The standard InChI is InChI=1S/C22H33N5/c1-23-22(24-15-19-11-14-26(2)17-19)25-16-20-9-5-6-10-21(20)18-27-12-7-3-4-8-13-27/h5-6,9-11,14,17H,3-4,7-8,12-13,15-16,18H2,1-2H3,(H2,23,24,25). The Morgan fingerprint density at radius 3 is 2.33 bits per heavy atom. The third kappa shape index (κ3) is 6.14. The highest BCUT2D eigenvalue weighted by molar-refractivity contribution is 5.79. The number of nitrogens with one attached hydrogen (secondary N) is 2. The predicted molar refractivity (Wildman–Crippen MR) is 113 cm³/mol. The maximum Gasteiger partial charge on any atom is 0.191 e. The van der Waals surface area contributed by atoms with Crippen molar-refractivity contribution in [1.82, 2.24) is 20.1 Å². The van der Waals surface area contributed by atoms with Crippen molar-refractivity contribution in [3.63, 3.8) is 0 Å². The van der Waals surface area contributed by atoms with Gasteiger partial charge in [0.15, 0.2) is 5.96 Å². The molecule has 0 aliphatic carbocycles. The van der Waals surface area contributed by atoms with Gasteiger partial charge in [0, 0.05) is 46.1 Å². The van der Waals surface area contributed by atoms with E-state index in [2.05, 4.69) is 67.8 Å². The van der Waals surface area contributed by atoms with Crippen molar-refractivity contribution in [2.24, 2.45) is 12.0 Å². The summed E-state index contributed by atoms with van der Waals surface area (Å²) >= 11 is 0. The first-order valence-electron chi connectivity index (χ1n) is 10.1. The molecule has 1 aromatic heterocycles. The summed E-state index contributed by atoms with van der Waals surface area (Å²) in [6.07, 6.45) is 9.60. The Hall–Kier alpha value is -2.27. The third-order valence-corrected chi connectivity index (χ3v) is 5.23. The fourth-order valence-electron chi connectivity index (χ4n) is 3.67. The van der Waals surface area contributed by atoms with Crippen molar-refractivity contribution in [3.8, 4) is 0 Å². The second kappa shape index (κ2) is 10.2. The third-order valence-electron chi connectivity index (χ3n) is 5.23. The van der Waals surface area contributed by atoms with Gasteiger partial charge in [0.25, 0.3) is 0 Å². The Kier molecular flexibility index (Phi) is 7.34. The van der Waals surface area contributed by atoms with Crippen molar-refractivity contribution >= 4 is 5.96 Å². The van der Waals surface area contributed by atoms with Gasteiger partial charge in [-0.25, -0.2) is 0 Å². The van der Waals surface area contributed by atoms with E-state index in [4.69, 9.17) is 0 Å². The molecule has 27 heavy (non-hydrogen) atoms. The molecule has 0 amide bonds. The zero-order chi connectivity index (χ0) is 18.9. The van der Waals surface area contributed by atoms with Crippen LogP contribution in [0.15, 0.2) is 47.7 Å².